The van der Waals surface area contributed by atoms with Crippen LogP contribution in [0.15, 0.2) is 6.07 Å². The van der Waals surface area contributed by atoms with Crippen molar-refractivity contribution in [3.63, 3.8) is 0 Å². The molecule has 7 nitrogen and oxygen atoms in total. The van der Waals surface area contributed by atoms with Gasteiger partial charge >= 0.3 is 0 Å². The topological polar surface area (TPSA) is 112 Å². The number of hydrogen-bond donors (Lipinski definition) is 1. The molecule has 2 aromatic heterocycles. The van der Waals surface area contributed by atoms with Gasteiger partial charge in [-0.2, -0.15) is 10.5 Å². The Morgan fingerprint density at radius 1 is 1.33 bits per heavy atom. The highest BCUT2D eigenvalue weighted by Crippen LogP contribution is 2.39. The molecular formula is C20H20N6O. The maximum Gasteiger partial charge on any atom is 0.225 e. The van der Waals surface area contributed by atoms with E-state index in [2.05, 4.69) is 17.1 Å². The number of nitrogens with two attached hydrogens (primary N) is 1. The largest absolute Gasteiger partial charge is 0.383 e. The molecule has 0 unspecified atom stereocenters. The number of nitrogens with zero attached hydrogens (tertiary/aromatic N) is 5. The van der Waals surface area contributed by atoms with Gasteiger partial charge in [-0.15, -0.1) is 0 Å². The quantitative estimate of drug-likeness (QED) is 0.880. The molecule has 2 aromatic rings. The van der Waals surface area contributed by atoms with Crippen molar-refractivity contribution in [2.24, 2.45) is 13.0 Å². The number of rotatable bonds is 2. The molecule has 0 spiro atoms. The molecule has 7 heteroatoms. The fourth-order valence-electron chi connectivity index (χ4n) is 3.83. The molecule has 3 heterocycles. The highest BCUT2D eigenvalue weighted by molar-refractivity contribution is 5.84. The summed E-state index contributed by atoms with van der Waals surface area (Å²) in [5.41, 5.74) is 11.0. The number of fused-ring (bicyclic) bond motifs is 1. The number of hydrogen-bond acceptors (Lipinski definition) is 5. The van der Waals surface area contributed by atoms with Gasteiger partial charge in [0, 0.05) is 54.9 Å². The lowest BCUT2D eigenvalue weighted by Crippen LogP contribution is -2.37. The SMILES string of the molecule is Cc1c(-c2c(C#N)c(N)nc3c2CN(C(=O)C2CC2)CC3)cc(C#N)n1C. The third-order valence-corrected chi connectivity index (χ3v) is 5.65. The number of aromatic nitrogens is 2. The summed E-state index contributed by atoms with van der Waals surface area (Å²) in [7, 11) is 1.82. The third-order valence-electron chi connectivity index (χ3n) is 5.65. The van der Waals surface area contributed by atoms with E-state index in [4.69, 9.17) is 5.73 Å². The molecule has 0 bridgehead atoms. The van der Waals surface area contributed by atoms with Crippen molar-refractivity contribution in [3.8, 4) is 23.3 Å². The van der Waals surface area contributed by atoms with Crippen molar-refractivity contribution in [2.45, 2.75) is 32.7 Å². The molecule has 0 aromatic carbocycles. The summed E-state index contributed by atoms with van der Waals surface area (Å²) in [6.07, 6.45) is 2.54. The van der Waals surface area contributed by atoms with Crippen LogP contribution < -0.4 is 5.73 Å². The molecule has 0 atom stereocenters. The number of carbonyl (C=O) groups is 1. The lowest BCUT2D eigenvalue weighted by molar-refractivity contribution is -0.133. The fourth-order valence-corrected chi connectivity index (χ4v) is 3.83. The first kappa shape index (κ1) is 17.1. The van der Waals surface area contributed by atoms with E-state index in [-0.39, 0.29) is 17.6 Å². The Balaban J connectivity index is 1.91. The first-order valence-electron chi connectivity index (χ1n) is 9.03. The Hall–Kier alpha value is -3.32. The molecule has 1 aliphatic carbocycles. The second-order valence-electron chi connectivity index (χ2n) is 7.27. The number of nitrogen functional groups attached to an aromatic ring is 1. The minimum atomic E-state index is 0.149. The molecule has 2 N–H and O–H groups in total. The van der Waals surface area contributed by atoms with Crippen LogP contribution in [0.3, 0.4) is 0 Å². The molecular weight excluding hydrogens is 340 g/mol. The number of carbonyl (C=O) groups excluding carboxylic acids is 1. The Morgan fingerprint density at radius 3 is 2.67 bits per heavy atom. The predicted molar refractivity (Wildman–Crippen MR) is 99.1 cm³/mol. The van der Waals surface area contributed by atoms with Crippen LogP contribution in [-0.4, -0.2) is 26.9 Å². The van der Waals surface area contributed by atoms with Crippen LogP contribution in [0.2, 0.25) is 0 Å². The third kappa shape index (κ3) is 2.63. The van der Waals surface area contributed by atoms with Gasteiger partial charge in [0.1, 0.15) is 29.2 Å². The average molecular weight is 360 g/mol. The zero-order chi connectivity index (χ0) is 19.3. The number of nitriles is 2. The van der Waals surface area contributed by atoms with Gasteiger partial charge in [0.15, 0.2) is 0 Å². The Bertz CT molecular complexity index is 1050. The predicted octanol–water partition coefficient (Wildman–Crippen LogP) is 2.02. The van der Waals surface area contributed by atoms with Crippen molar-refractivity contribution in [1.82, 2.24) is 14.5 Å². The maximum absolute atomic E-state index is 12.6. The number of pyridine rings is 1. The van der Waals surface area contributed by atoms with Crippen LogP contribution in [0.1, 0.15) is 41.1 Å². The van der Waals surface area contributed by atoms with Crippen molar-refractivity contribution >= 4 is 11.7 Å². The molecule has 1 fully saturated rings. The van der Waals surface area contributed by atoms with Crippen LogP contribution in [0.4, 0.5) is 5.82 Å². The molecule has 4 rings (SSSR count). The van der Waals surface area contributed by atoms with Crippen molar-refractivity contribution in [3.05, 3.63) is 34.3 Å². The number of amides is 1. The highest BCUT2D eigenvalue weighted by Gasteiger charge is 2.36. The molecule has 1 amide bonds. The standard InChI is InChI=1S/C20H20N6O/c1-11-14(7-13(8-21)25(11)2)18-15(9-22)19(23)24-17-5-6-26(10-16(17)18)20(27)12-3-4-12/h7,12H,3-6,10H2,1-2H3,(H2,23,24). The second kappa shape index (κ2) is 6.14. The van der Waals surface area contributed by atoms with Gasteiger partial charge in [-0.05, 0) is 25.8 Å². The van der Waals surface area contributed by atoms with Crippen LogP contribution in [0, 0.1) is 35.5 Å². The minimum Gasteiger partial charge on any atom is -0.383 e. The molecule has 136 valence electrons. The summed E-state index contributed by atoms with van der Waals surface area (Å²) >= 11 is 0. The van der Waals surface area contributed by atoms with E-state index in [0.717, 1.165) is 35.4 Å². The van der Waals surface area contributed by atoms with E-state index >= 15 is 0 Å². The molecule has 2 aliphatic rings. The Labute approximate surface area is 157 Å². The van der Waals surface area contributed by atoms with Gasteiger partial charge in [-0.1, -0.05) is 0 Å². The van der Waals surface area contributed by atoms with E-state index < -0.39 is 0 Å². The fraction of sp³-hybridized carbons (Fsp3) is 0.400. The van der Waals surface area contributed by atoms with Crippen molar-refractivity contribution < 1.29 is 4.79 Å². The molecule has 0 radical (unpaired) electrons. The van der Waals surface area contributed by atoms with Gasteiger partial charge in [0.25, 0.3) is 0 Å². The van der Waals surface area contributed by atoms with E-state index in [1.165, 1.54) is 0 Å². The van der Waals surface area contributed by atoms with Gasteiger partial charge in [-0.25, -0.2) is 4.98 Å². The average Bonchev–Trinajstić information content (AvgIpc) is 3.47. The summed E-state index contributed by atoms with van der Waals surface area (Å²) in [5.74, 6) is 0.537. The number of anilines is 1. The second-order valence-corrected chi connectivity index (χ2v) is 7.27. The monoisotopic (exact) mass is 360 g/mol. The smallest absolute Gasteiger partial charge is 0.225 e. The summed E-state index contributed by atoms with van der Waals surface area (Å²) in [6.45, 7) is 2.96. The van der Waals surface area contributed by atoms with Crippen LogP contribution in [0.5, 0.6) is 0 Å². The van der Waals surface area contributed by atoms with E-state index in [1.807, 2.05) is 18.9 Å². The molecule has 1 saturated carbocycles. The van der Waals surface area contributed by atoms with Gasteiger partial charge in [0.05, 0.1) is 5.69 Å². The summed E-state index contributed by atoms with van der Waals surface area (Å²) in [5, 5.41) is 19.1. The van der Waals surface area contributed by atoms with Gasteiger partial charge in [0.2, 0.25) is 5.91 Å². The molecule has 27 heavy (non-hydrogen) atoms. The summed E-state index contributed by atoms with van der Waals surface area (Å²) < 4.78 is 1.80. The van der Waals surface area contributed by atoms with Crippen molar-refractivity contribution in [2.75, 3.05) is 12.3 Å². The van der Waals surface area contributed by atoms with Gasteiger partial charge < -0.3 is 15.2 Å². The zero-order valence-electron chi connectivity index (χ0n) is 15.4. The Kier molecular flexibility index (Phi) is 3.89. The first-order chi connectivity index (χ1) is 13.0. The van der Waals surface area contributed by atoms with Crippen LogP contribution >= 0.6 is 0 Å². The lowest BCUT2D eigenvalue weighted by Gasteiger charge is -2.30. The van der Waals surface area contributed by atoms with E-state index in [1.54, 1.807) is 10.6 Å². The minimum absolute atomic E-state index is 0.149. The van der Waals surface area contributed by atoms with Gasteiger partial charge in [-0.3, -0.25) is 4.79 Å². The zero-order valence-corrected chi connectivity index (χ0v) is 15.4. The molecule has 0 saturated heterocycles. The normalized spacial score (nSPS) is 15.8. The van der Waals surface area contributed by atoms with Crippen molar-refractivity contribution in [1.29, 1.82) is 10.5 Å². The van der Waals surface area contributed by atoms with E-state index in [9.17, 15) is 15.3 Å². The Morgan fingerprint density at radius 2 is 2.07 bits per heavy atom. The van der Waals surface area contributed by atoms with Crippen LogP contribution in [0.25, 0.3) is 11.1 Å². The summed E-state index contributed by atoms with van der Waals surface area (Å²) in [4.78, 5) is 18.9. The summed E-state index contributed by atoms with van der Waals surface area (Å²) in [6, 6.07) is 6.14. The maximum atomic E-state index is 12.6. The first-order valence-corrected chi connectivity index (χ1v) is 9.03. The van der Waals surface area contributed by atoms with E-state index in [0.29, 0.717) is 36.3 Å². The van der Waals surface area contributed by atoms with Crippen LogP contribution in [-0.2, 0) is 24.8 Å². The lowest BCUT2D eigenvalue weighted by atomic mass is 9.91. The highest BCUT2D eigenvalue weighted by atomic mass is 16.2. The molecule has 1 aliphatic heterocycles.